The number of hydrogen-bond acceptors (Lipinski definition) is 2. The number of piperazine rings is 1. The fourth-order valence-electron chi connectivity index (χ4n) is 3.59. The first-order valence-electron chi connectivity index (χ1n) is 7.50. The monoisotopic (exact) mass is 298 g/mol. The number of nitrogens with one attached hydrogen (secondary N) is 1. The highest BCUT2D eigenvalue weighted by Crippen LogP contribution is 2.45. The minimum absolute atomic E-state index is 0.0635. The Hall–Kier alpha value is -1.07. The van der Waals surface area contributed by atoms with Gasteiger partial charge in [-0.05, 0) is 35.6 Å². The van der Waals surface area contributed by atoms with Crippen molar-refractivity contribution in [2.75, 3.05) is 13.1 Å². The summed E-state index contributed by atoms with van der Waals surface area (Å²) in [5.74, 6) is 0.0947. The molecule has 1 aromatic rings. The van der Waals surface area contributed by atoms with Gasteiger partial charge in [0.2, 0.25) is 0 Å². The summed E-state index contributed by atoms with van der Waals surface area (Å²) in [4.78, 5) is 2.17. The Morgan fingerprint density at radius 3 is 2.62 bits per heavy atom. The Morgan fingerprint density at radius 2 is 2.00 bits per heavy atom. The Labute approximate surface area is 123 Å². The van der Waals surface area contributed by atoms with Crippen molar-refractivity contribution >= 4 is 0 Å². The van der Waals surface area contributed by atoms with E-state index in [9.17, 15) is 13.2 Å². The number of alkyl halides is 3. The summed E-state index contributed by atoms with van der Waals surface area (Å²) in [5, 5.41) is 3.38. The molecule has 2 aliphatic heterocycles. The summed E-state index contributed by atoms with van der Waals surface area (Å²) in [6.45, 7) is 8.00. The summed E-state index contributed by atoms with van der Waals surface area (Å²) in [5.41, 5.74) is 1.69. The van der Waals surface area contributed by atoms with Gasteiger partial charge < -0.3 is 5.32 Å². The third-order valence-electron chi connectivity index (χ3n) is 4.69. The molecule has 0 spiro atoms. The number of nitrogens with zero attached hydrogens (tertiary/aromatic N) is 1. The molecule has 3 rings (SSSR count). The van der Waals surface area contributed by atoms with Gasteiger partial charge in [0.05, 0.1) is 11.6 Å². The van der Waals surface area contributed by atoms with Crippen LogP contribution in [0.4, 0.5) is 13.2 Å². The molecule has 0 saturated carbocycles. The molecule has 0 aromatic heterocycles. The van der Waals surface area contributed by atoms with Crippen molar-refractivity contribution in [2.45, 2.75) is 51.5 Å². The second-order valence-electron chi connectivity index (χ2n) is 6.45. The number of benzene rings is 1. The molecule has 0 amide bonds. The summed E-state index contributed by atoms with van der Waals surface area (Å²) in [7, 11) is 0. The third-order valence-corrected chi connectivity index (χ3v) is 4.69. The lowest BCUT2D eigenvalue weighted by molar-refractivity contribution is -0.138. The van der Waals surface area contributed by atoms with Gasteiger partial charge in [-0.1, -0.05) is 19.9 Å². The molecule has 1 N–H and O–H groups in total. The lowest BCUT2D eigenvalue weighted by atomic mass is 9.89. The van der Waals surface area contributed by atoms with Gasteiger partial charge in [0.1, 0.15) is 0 Å². The molecule has 1 fully saturated rings. The molecule has 1 saturated heterocycles. The summed E-state index contributed by atoms with van der Waals surface area (Å²) in [6, 6.07) is 3.58. The molecule has 2 heterocycles. The zero-order chi connectivity index (χ0) is 15.4. The topological polar surface area (TPSA) is 15.3 Å². The zero-order valence-electron chi connectivity index (χ0n) is 12.6. The van der Waals surface area contributed by atoms with Gasteiger partial charge in [0, 0.05) is 25.7 Å². The lowest BCUT2D eigenvalue weighted by Gasteiger charge is -2.36. The molecule has 0 aliphatic carbocycles. The van der Waals surface area contributed by atoms with Crippen molar-refractivity contribution in [3.63, 3.8) is 0 Å². The van der Waals surface area contributed by atoms with Crippen molar-refractivity contribution in [3.8, 4) is 0 Å². The van der Waals surface area contributed by atoms with Crippen LogP contribution in [0, 0.1) is 0 Å². The number of hydrogen-bond donors (Lipinski definition) is 1. The van der Waals surface area contributed by atoms with E-state index >= 15 is 0 Å². The molecule has 0 unspecified atom stereocenters. The Bertz CT molecular complexity index is 551. The van der Waals surface area contributed by atoms with E-state index in [1.165, 1.54) is 6.07 Å². The first-order chi connectivity index (χ1) is 9.79. The van der Waals surface area contributed by atoms with Crippen LogP contribution in [0.5, 0.6) is 0 Å². The van der Waals surface area contributed by atoms with Gasteiger partial charge >= 0.3 is 6.18 Å². The van der Waals surface area contributed by atoms with Crippen LogP contribution in [0.15, 0.2) is 12.1 Å². The van der Waals surface area contributed by atoms with E-state index in [-0.39, 0.29) is 18.0 Å². The second kappa shape index (κ2) is 4.99. The van der Waals surface area contributed by atoms with E-state index < -0.39 is 11.7 Å². The highest BCUT2D eigenvalue weighted by molar-refractivity contribution is 5.47. The standard InChI is InChI=1S/C16H21F3N2/c1-9(2)11-6-12-13(14(7-11)16(17,18)19)8-21-5-4-20-10(3)15(12)21/h6-7,9-10,15,20H,4-5,8H2,1-3H3/t10-,15-/m0/s1. The van der Waals surface area contributed by atoms with Crippen molar-refractivity contribution in [3.05, 3.63) is 34.4 Å². The van der Waals surface area contributed by atoms with Crippen molar-refractivity contribution < 1.29 is 13.2 Å². The van der Waals surface area contributed by atoms with Gasteiger partial charge in [-0.3, -0.25) is 4.90 Å². The normalized spacial score (nSPS) is 26.0. The van der Waals surface area contributed by atoms with E-state index in [0.717, 1.165) is 24.2 Å². The maximum Gasteiger partial charge on any atom is 0.416 e. The van der Waals surface area contributed by atoms with Crippen LogP contribution in [0.3, 0.4) is 0 Å². The average molecular weight is 298 g/mol. The quantitative estimate of drug-likeness (QED) is 0.851. The first-order valence-corrected chi connectivity index (χ1v) is 7.50. The molecule has 2 nitrogen and oxygen atoms in total. The molecule has 2 aliphatic rings. The van der Waals surface area contributed by atoms with E-state index in [4.69, 9.17) is 0 Å². The summed E-state index contributed by atoms with van der Waals surface area (Å²) in [6.07, 6.45) is -4.28. The molecule has 0 bridgehead atoms. The van der Waals surface area contributed by atoms with Crippen LogP contribution in [-0.4, -0.2) is 24.0 Å². The van der Waals surface area contributed by atoms with Crippen LogP contribution in [0.1, 0.15) is 55.0 Å². The van der Waals surface area contributed by atoms with Crippen molar-refractivity contribution in [1.29, 1.82) is 0 Å². The van der Waals surface area contributed by atoms with E-state index in [1.807, 2.05) is 19.9 Å². The van der Waals surface area contributed by atoms with Gasteiger partial charge in [-0.25, -0.2) is 0 Å². The van der Waals surface area contributed by atoms with Crippen LogP contribution in [0.25, 0.3) is 0 Å². The SMILES string of the molecule is CC(C)c1cc2c(c(C(F)(F)F)c1)CN1CCN[C@@H](C)[C@@H]21. The predicted octanol–water partition coefficient (Wildman–Crippen LogP) is 3.68. The highest BCUT2D eigenvalue weighted by atomic mass is 19.4. The van der Waals surface area contributed by atoms with Crippen molar-refractivity contribution in [1.82, 2.24) is 10.2 Å². The molecular weight excluding hydrogens is 277 g/mol. The molecule has 2 atom stereocenters. The maximum absolute atomic E-state index is 13.4. The zero-order valence-corrected chi connectivity index (χ0v) is 12.6. The fourth-order valence-corrected chi connectivity index (χ4v) is 3.59. The third kappa shape index (κ3) is 2.46. The van der Waals surface area contributed by atoms with Gasteiger partial charge in [0.15, 0.2) is 0 Å². The number of rotatable bonds is 1. The molecule has 5 heteroatoms. The fraction of sp³-hybridized carbons (Fsp3) is 0.625. The molecule has 116 valence electrons. The smallest absolute Gasteiger partial charge is 0.311 e. The van der Waals surface area contributed by atoms with Crippen molar-refractivity contribution in [2.24, 2.45) is 0 Å². The van der Waals surface area contributed by atoms with Gasteiger partial charge in [-0.15, -0.1) is 0 Å². The van der Waals surface area contributed by atoms with E-state index in [2.05, 4.69) is 17.1 Å². The molecule has 1 aromatic carbocycles. The van der Waals surface area contributed by atoms with E-state index in [0.29, 0.717) is 12.1 Å². The molecular formula is C16H21F3N2. The highest BCUT2D eigenvalue weighted by Gasteiger charge is 2.43. The number of fused-ring (bicyclic) bond motifs is 3. The Kier molecular flexibility index (Phi) is 3.53. The minimum Gasteiger partial charge on any atom is -0.311 e. The van der Waals surface area contributed by atoms with E-state index in [1.54, 1.807) is 0 Å². The largest absolute Gasteiger partial charge is 0.416 e. The predicted molar refractivity (Wildman–Crippen MR) is 76.1 cm³/mol. The van der Waals surface area contributed by atoms with Crippen LogP contribution >= 0.6 is 0 Å². The molecule has 0 radical (unpaired) electrons. The maximum atomic E-state index is 13.4. The summed E-state index contributed by atoms with van der Waals surface area (Å²) >= 11 is 0. The minimum atomic E-state index is -4.28. The Morgan fingerprint density at radius 1 is 1.29 bits per heavy atom. The Balaban J connectivity index is 2.16. The average Bonchev–Trinajstić information content (AvgIpc) is 2.75. The summed E-state index contributed by atoms with van der Waals surface area (Å²) < 4.78 is 40.3. The van der Waals surface area contributed by atoms with Gasteiger partial charge in [0.25, 0.3) is 0 Å². The number of halogens is 3. The van der Waals surface area contributed by atoms with Crippen LogP contribution in [-0.2, 0) is 12.7 Å². The lowest BCUT2D eigenvalue weighted by Crippen LogP contribution is -2.48. The first kappa shape index (κ1) is 14.9. The second-order valence-corrected chi connectivity index (χ2v) is 6.45. The molecule has 21 heavy (non-hydrogen) atoms. The van der Waals surface area contributed by atoms with Crippen LogP contribution < -0.4 is 5.32 Å². The van der Waals surface area contributed by atoms with Gasteiger partial charge in [-0.2, -0.15) is 13.2 Å². The van der Waals surface area contributed by atoms with Crippen LogP contribution in [0.2, 0.25) is 0 Å².